The van der Waals surface area contributed by atoms with Crippen LogP contribution in [0.1, 0.15) is 44.1 Å². The minimum atomic E-state index is -0.296. The van der Waals surface area contributed by atoms with E-state index in [0.29, 0.717) is 23.1 Å². The molecule has 6 nitrogen and oxygen atoms in total. The molecule has 0 bridgehead atoms. The lowest BCUT2D eigenvalue weighted by Crippen LogP contribution is -2.17. The number of benzene rings is 1. The second-order valence-corrected chi connectivity index (χ2v) is 5.66. The van der Waals surface area contributed by atoms with Gasteiger partial charge in [-0.1, -0.05) is 25.5 Å². The maximum atomic E-state index is 12.4. The van der Waals surface area contributed by atoms with Crippen LogP contribution in [0.5, 0.6) is 5.75 Å². The van der Waals surface area contributed by atoms with Crippen molar-refractivity contribution in [2.24, 2.45) is 0 Å². The number of hydrogen-bond donors (Lipinski definition) is 2. The second kappa shape index (κ2) is 8.86. The van der Waals surface area contributed by atoms with Crippen molar-refractivity contribution in [2.45, 2.75) is 39.7 Å². The van der Waals surface area contributed by atoms with Crippen molar-refractivity contribution in [3.05, 3.63) is 42.2 Å². The Balaban J connectivity index is 2.08. The Morgan fingerprint density at radius 3 is 2.79 bits per heavy atom. The first kappa shape index (κ1) is 17.7. The number of amides is 1. The van der Waals surface area contributed by atoms with E-state index in [4.69, 9.17) is 4.74 Å². The van der Waals surface area contributed by atoms with Crippen molar-refractivity contribution in [1.29, 1.82) is 0 Å². The Morgan fingerprint density at radius 1 is 1.25 bits per heavy atom. The molecule has 0 spiro atoms. The van der Waals surface area contributed by atoms with E-state index < -0.39 is 0 Å². The van der Waals surface area contributed by atoms with E-state index in [9.17, 15) is 4.79 Å². The number of nitrogens with zero attached hydrogens (tertiary/aromatic N) is 2. The molecule has 0 fully saturated rings. The zero-order valence-electron chi connectivity index (χ0n) is 14.4. The van der Waals surface area contributed by atoms with Crippen LogP contribution in [-0.4, -0.2) is 28.5 Å². The van der Waals surface area contributed by atoms with Crippen LogP contribution in [-0.2, 0) is 0 Å². The number of aromatic nitrogens is 2. The molecule has 0 aliphatic carbocycles. The molecule has 1 heterocycles. The molecular weight excluding hydrogens is 304 g/mol. The lowest BCUT2D eigenvalue weighted by Gasteiger charge is -2.14. The summed E-state index contributed by atoms with van der Waals surface area (Å²) in [6.07, 6.45) is 3.71. The molecule has 0 aliphatic heterocycles. The molecule has 1 aromatic carbocycles. The molecule has 0 radical (unpaired) electrons. The van der Waals surface area contributed by atoms with E-state index in [2.05, 4.69) is 27.5 Å². The molecule has 2 rings (SSSR count). The van der Waals surface area contributed by atoms with E-state index in [1.807, 2.05) is 32.0 Å². The summed E-state index contributed by atoms with van der Waals surface area (Å²) in [5.41, 5.74) is 0.929. The topological polar surface area (TPSA) is 76.1 Å². The molecule has 2 N–H and O–H groups in total. The second-order valence-electron chi connectivity index (χ2n) is 5.66. The number of anilines is 2. The van der Waals surface area contributed by atoms with Gasteiger partial charge in [0, 0.05) is 12.7 Å². The summed E-state index contributed by atoms with van der Waals surface area (Å²) < 4.78 is 5.71. The summed E-state index contributed by atoms with van der Waals surface area (Å²) >= 11 is 0. The highest BCUT2D eigenvalue weighted by Gasteiger charge is 2.12. The number of rotatable bonds is 8. The average molecular weight is 328 g/mol. The normalized spacial score (nSPS) is 10.5. The van der Waals surface area contributed by atoms with Crippen LogP contribution in [0.2, 0.25) is 0 Å². The van der Waals surface area contributed by atoms with Gasteiger partial charge in [0.1, 0.15) is 11.4 Å². The van der Waals surface area contributed by atoms with Crippen molar-refractivity contribution in [2.75, 3.05) is 17.2 Å². The first-order valence-corrected chi connectivity index (χ1v) is 8.24. The van der Waals surface area contributed by atoms with Gasteiger partial charge in [-0.3, -0.25) is 4.79 Å². The van der Waals surface area contributed by atoms with Crippen LogP contribution in [0.25, 0.3) is 0 Å². The predicted molar refractivity (Wildman–Crippen MR) is 95.6 cm³/mol. The van der Waals surface area contributed by atoms with Crippen LogP contribution < -0.4 is 15.4 Å². The molecule has 0 aliphatic rings. The summed E-state index contributed by atoms with van der Waals surface area (Å²) in [7, 11) is 0. The maximum absolute atomic E-state index is 12.4. The molecule has 0 unspecified atom stereocenters. The van der Waals surface area contributed by atoms with Gasteiger partial charge in [-0.25, -0.2) is 9.97 Å². The fourth-order valence-corrected chi connectivity index (χ4v) is 2.06. The quantitative estimate of drug-likeness (QED) is 0.722. The van der Waals surface area contributed by atoms with E-state index >= 15 is 0 Å². The molecule has 0 atom stereocenters. The van der Waals surface area contributed by atoms with Crippen molar-refractivity contribution < 1.29 is 9.53 Å². The van der Waals surface area contributed by atoms with Crippen molar-refractivity contribution in [1.82, 2.24) is 9.97 Å². The smallest absolute Gasteiger partial charge is 0.274 e. The van der Waals surface area contributed by atoms with Crippen LogP contribution >= 0.6 is 0 Å². The minimum absolute atomic E-state index is 0.0245. The van der Waals surface area contributed by atoms with Gasteiger partial charge >= 0.3 is 0 Å². The Kier molecular flexibility index (Phi) is 6.54. The zero-order valence-corrected chi connectivity index (χ0v) is 14.4. The maximum Gasteiger partial charge on any atom is 0.274 e. The number of unbranched alkanes of at least 4 members (excludes halogenated alkanes) is 1. The van der Waals surface area contributed by atoms with Crippen molar-refractivity contribution >= 4 is 17.5 Å². The van der Waals surface area contributed by atoms with E-state index in [1.54, 1.807) is 18.3 Å². The van der Waals surface area contributed by atoms with Gasteiger partial charge in [0.15, 0.2) is 0 Å². The number of para-hydroxylation sites is 2. The number of carbonyl (C=O) groups excluding carboxylic acids is 1. The highest BCUT2D eigenvalue weighted by molar-refractivity contribution is 6.03. The van der Waals surface area contributed by atoms with Crippen LogP contribution in [0, 0.1) is 0 Å². The van der Waals surface area contributed by atoms with Crippen LogP contribution in [0.3, 0.4) is 0 Å². The van der Waals surface area contributed by atoms with Crippen molar-refractivity contribution in [3.8, 4) is 5.75 Å². The van der Waals surface area contributed by atoms with Gasteiger partial charge < -0.3 is 15.4 Å². The SMILES string of the molecule is CCCCNc1nccc(C(=O)Nc2ccccc2OC(C)C)n1. The Bertz CT molecular complexity index is 674. The molecule has 1 aromatic heterocycles. The first-order chi connectivity index (χ1) is 11.6. The Morgan fingerprint density at radius 2 is 2.04 bits per heavy atom. The molecular formula is C18H24N4O2. The third kappa shape index (κ3) is 5.22. The fourth-order valence-electron chi connectivity index (χ4n) is 2.06. The molecule has 6 heteroatoms. The third-order valence-electron chi connectivity index (χ3n) is 3.20. The molecule has 2 aromatic rings. The lowest BCUT2D eigenvalue weighted by atomic mass is 10.2. The van der Waals surface area contributed by atoms with Crippen LogP contribution in [0.4, 0.5) is 11.6 Å². The van der Waals surface area contributed by atoms with Crippen molar-refractivity contribution in [3.63, 3.8) is 0 Å². The van der Waals surface area contributed by atoms with Gasteiger partial charge in [-0.15, -0.1) is 0 Å². The highest BCUT2D eigenvalue weighted by atomic mass is 16.5. The van der Waals surface area contributed by atoms with Crippen LogP contribution in [0.15, 0.2) is 36.5 Å². The Labute approximate surface area is 142 Å². The molecule has 0 saturated heterocycles. The Hall–Kier alpha value is -2.63. The minimum Gasteiger partial charge on any atom is -0.489 e. The third-order valence-corrected chi connectivity index (χ3v) is 3.20. The van der Waals surface area contributed by atoms with Gasteiger partial charge in [0.2, 0.25) is 5.95 Å². The number of carbonyl (C=O) groups is 1. The number of ether oxygens (including phenoxy) is 1. The van der Waals surface area contributed by atoms with Gasteiger partial charge in [-0.05, 0) is 38.5 Å². The summed E-state index contributed by atoms with van der Waals surface area (Å²) in [6.45, 7) is 6.78. The van der Waals surface area contributed by atoms with Gasteiger partial charge in [0.05, 0.1) is 11.8 Å². The summed E-state index contributed by atoms with van der Waals surface area (Å²) in [5, 5.41) is 5.96. The number of hydrogen-bond acceptors (Lipinski definition) is 5. The summed E-state index contributed by atoms with van der Waals surface area (Å²) in [4.78, 5) is 20.8. The average Bonchev–Trinajstić information content (AvgIpc) is 2.57. The molecule has 1 amide bonds. The summed E-state index contributed by atoms with van der Waals surface area (Å²) in [5.74, 6) is 0.801. The largest absolute Gasteiger partial charge is 0.489 e. The van der Waals surface area contributed by atoms with Gasteiger partial charge in [-0.2, -0.15) is 0 Å². The first-order valence-electron chi connectivity index (χ1n) is 8.24. The standard InChI is InChI=1S/C18H24N4O2/c1-4-5-11-19-18-20-12-10-15(22-18)17(23)21-14-8-6-7-9-16(14)24-13(2)3/h6-10,12-13H,4-5,11H2,1-3H3,(H,21,23)(H,19,20,22). The predicted octanol–water partition coefficient (Wildman–Crippen LogP) is 3.73. The van der Waals surface area contributed by atoms with E-state index in [-0.39, 0.29) is 12.0 Å². The zero-order chi connectivity index (χ0) is 17.4. The molecule has 0 saturated carbocycles. The van der Waals surface area contributed by atoms with E-state index in [0.717, 1.165) is 19.4 Å². The fraction of sp³-hybridized carbons (Fsp3) is 0.389. The van der Waals surface area contributed by atoms with Gasteiger partial charge in [0.25, 0.3) is 5.91 Å². The number of nitrogens with one attached hydrogen (secondary N) is 2. The molecule has 24 heavy (non-hydrogen) atoms. The lowest BCUT2D eigenvalue weighted by molar-refractivity contribution is 0.102. The summed E-state index contributed by atoms with van der Waals surface area (Å²) in [6, 6.07) is 8.94. The molecule has 128 valence electrons. The van der Waals surface area contributed by atoms with E-state index in [1.165, 1.54) is 0 Å². The monoisotopic (exact) mass is 328 g/mol. The highest BCUT2D eigenvalue weighted by Crippen LogP contribution is 2.25.